The van der Waals surface area contributed by atoms with Gasteiger partial charge in [-0.05, 0) is 12.0 Å². The quantitative estimate of drug-likeness (QED) is 0.754. The molecule has 0 saturated carbocycles. The Hall–Kier alpha value is -1.39. The number of benzene rings is 1. The third kappa shape index (κ3) is 3.28. The van der Waals surface area contributed by atoms with Crippen LogP contribution < -0.4 is 5.32 Å². The van der Waals surface area contributed by atoms with Crippen molar-refractivity contribution in [2.24, 2.45) is 5.92 Å². The van der Waals surface area contributed by atoms with Gasteiger partial charge in [-0.15, -0.1) is 0 Å². The van der Waals surface area contributed by atoms with Crippen LogP contribution in [0, 0.1) is 5.92 Å². The van der Waals surface area contributed by atoms with Gasteiger partial charge < -0.3 is 15.2 Å². The fourth-order valence-electron chi connectivity index (χ4n) is 1.98. The van der Waals surface area contributed by atoms with Gasteiger partial charge in [0.05, 0.1) is 12.5 Å². The van der Waals surface area contributed by atoms with Gasteiger partial charge in [0.25, 0.3) is 0 Å². The van der Waals surface area contributed by atoms with Crippen LogP contribution in [-0.2, 0) is 16.1 Å². The monoisotopic (exact) mass is 235 g/mol. The number of hydrogen-bond acceptors (Lipinski definition) is 4. The maximum Gasteiger partial charge on any atom is 0.310 e. The first-order valence-corrected chi connectivity index (χ1v) is 5.84. The van der Waals surface area contributed by atoms with Crippen LogP contribution in [-0.4, -0.2) is 30.3 Å². The number of nitrogens with one attached hydrogen (secondary N) is 1. The normalized spacial score (nSPS) is 23.6. The standard InChI is InChI=1S/C13H17NO3/c15-8-12-6-11(7-14-12)13(16)17-9-10-4-2-1-3-5-10/h1-5,11-12,14-15H,6-9H2/t11-,12-/m0/s1. The lowest BCUT2D eigenvalue weighted by molar-refractivity contribution is -0.149. The minimum absolute atomic E-state index is 0.0317. The molecule has 17 heavy (non-hydrogen) atoms. The van der Waals surface area contributed by atoms with Crippen LogP contribution in [0.5, 0.6) is 0 Å². The summed E-state index contributed by atoms with van der Waals surface area (Å²) in [7, 11) is 0. The molecule has 2 atom stereocenters. The first-order chi connectivity index (χ1) is 8.29. The van der Waals surface area contributed by atoms with E-state index in [0.29, 0.717) is 19.6 Å². The lowest BCUT2D eigenvalue weighted by atomic mass is 10.1. The second kappa shape index (κ2) is 5.80. The molecule has 2 rings (SSSR count). The summed E-state index contributed by atoms with van der Waals surface area (Å²) in [5, 5.41) is 12.0. The third-order valence-corrected chi connectivity index (χ3v) is 3.00. The Morgan fingerprint density at radius 2 is 2.18 bits per heavy atom. The van der Waals surface area contributed by atoms with Crippen molar-refractivity contribution in [3.63, 3.8) is 0 Å². The molecule has 0 amide bonds. The average Bonchev–Trinajstić information content (AvgIpc) is 2.86. The lowest BCUT2D eigenvalue weighted by Gasteiger charge is -2.09. The van der Waals surface area contributed by atoms with Gasteiger partial charge in [-0.2, -0.15) is 0 Å². The summed E-state index contributed by atoms with van der Waals surface area (Å²) in [5.41, 5.74) is 0.991. The molecule has 2 N–H and O–H groups in total. The molecule has 0 unspecified atom stereocenters. The number of hydrogen-bond donors (Lipinski definition) is 2. The Morgan fingerprint density at radius 3 is 2.82 bits per heavy atom. The first kappa shape index (κ1) is 12.1. The number of carbonyl (C=O) groups excluding carboxylic acids is 1. The predicted molar refractivity (Wildman–Crippen MR) is 63.2 cm³/mol. The van der Waals surface area contributed by atoms with E-state index in [9.17, 15) is 4.79 Å². The average molecular weight is 235 g/mol. The van der Waals surface area contributed by atoms with Crippen molar-refractivity contribution < 1.29 is 14.6 Å². The van der Waals surface area contributed by atoms with E-state index in [1.54, 1.807) is 0 Å². The molecular weight excluding hydrogens is 218 g/mol. The summed E-state index contributed by atoms with van der Waals surface area (Å²) in [6.45, 7) is 0.987. The molecule has 0 spiro atoms. The Morgan fingerprint density at radius 1 is 1.41 bits per heavy atom. The van der Waals surface area contributed by atoms with E-state index in [0.717, 1.165) is 5.56 Å². The Bertz CT molecular complexity index is 366. The zero-order chi connectivity index (χ0) is 12.1. The molecule has 1 heterocycles. The fourth-order valence-corrected chi connectivity index (χ4v) is 1.98. The van der Waals surface area contributed by atoms with Crippen molar-refractivity contribution in [2.75, 3.05) is 13.2 Å². The maximum atomic E-state index is 11.7. The number of ether oxygens (including phenoxy) is 1. The number of rotatable bonds is 4. The lowest BCUT2D eigenvalue weighted by Crippen LogP contribution is -2.24. The van der Waals surface area contributed by atoms with Gasteiger partial charge in [-0.3, -0.25) is 4.79 Å². The summed E-state index contributed by atoms with van der Waals surface area (Å²) in [6, 6.07) is 9.65. The number of esters is 1. The van der Waals surface area contributed by atoms with Crippen LogP contribution in [0.4, 0.5) is 0 Å². The molecule has 4 nitrogen and oxygen atoms in total. The molecule has 4 heteroatoms. The van der Waals surface area contributed by atoms with E-state index in [1.807, 2.05) is 30.3 Å². The maximum absolute atomic E-state index is 11.7. The second-order valence-electron chi connectivity index (χ2n) is 4.31. The minimum atomic E-state index is -0.183. The SMILES string of the molecule is O=C(OCc1ccccc1)[C@@H]1CN[C@H](CO)C1. The van der Waals surface area contributed by atoms with Crippen molar-refractivity contribution in [3.05, 3.63) is 35.9 Å². The summed E-state index contributed by atoms with van der Waals surface area (Å²) >= 11 is 0. The van der Waals surface area contributed by atoms with Gasteiger partial charge >= 0.3 is 5.97 Å². The summed E-state index contributed by atoms with van der Waals surface area (Å²) in [6.07, 6.45) is 0.657. The van der Waals surface area contributed by atoms with Crippen LogP contribution >= 0.6 is 0 Å². The predicted octanol–water partition coefficient (Wildman–Crippen LogP) is 0.700. The highest BCUT2D eigenvalue weighted by Crippen LogP contribution is 2.16. The smallest absolute Gasteiger partial charge is 0.310 e. The molecule has 1 aliphatic heterocycles. The van der Waals surface area contributed by atoms with Crippen LogP contribution in [0.15, 0.2) is 30.3 Å². The molecule has 0 aromatic heterocycles. The van der Waals surface area contributed by atoms with E-state index in [-0.39, 0.29) is 24.5 Å². The topological polar surface area (TPSA) is 58.6 Å². The van der Waals surface area contributed by atoms with Gasteiger partial charge in [0.2, 0.25) is 0 Å². The minimum Gasteiger partial charge on any atom is -0.461 e. The van der Waals surface area contributed by atoms with Crippen molar-refractivity contribution in [1.29, 1.82) is 0 Å². The molecule has 1 aliphatic rings. The van der Waals surface area contributed by atoms with Crippen LogP contribution in [0.25, 0.3) is 0 Å². The largest absolute Gasteiger partial charge is 0.461 e. The molecule has 1 aromatic carbocycles. The summed E-state index contributed by atoms with van der Waals surface area (Å²) < 4.78 is 5.24. The summed E-state index contributed by atoms with van der Waals surface area (Å²) in [5.74, 6) is -0.312. The fraction of sp³-hybridized carbons (Fsp3) is 0.462. The van der Waals surface area contributed by atoms with Crippen LogP contribution in [0.3, 0.4) is 0 Å². The molecule has 0 bridgehead atoms. The first-order valence-electron chi connectivity index (χ1n) is 5.84. The highest BCUT2D eigenvalue weighted by atomic mass is 16.5. The van der Waals surface area contributed by atoms with Crippen molar-refractivity contribution in [3.8, 4) is 0 Å². The molecular formula is C13H17NO3. The van der Waals surface area contributed by atoms with E-state index in [2.05, 4.69) is 5.32 Å². The molecule has 1 fully saturated rings. The van der Waals surface area contributed by atoms with Gasteiger partial charge in [-0.1, -0.05) is 30.3 Å². The Balaban J connectivity index is 1.78. The zero-order valence-electron chi connectivity index (χ0n) is 9.63. The van der Waals surface area contributed by atoms with Gasteiger partial charge in [0.15, 0.2) is 0 Å². The molecule has 1 saturated heterocycles. The van der Waals surface area contributed by atoms with Crippen LogP contribution in [0.1, 0.15) is 12.0 Å². The Labute approximate surface area is 101 Å². The highest BCUT2D eigenvalue weighted by Gasteiger charge is 2.30. The number of aliphatic hydroxyl groups excluding tert-OH is 1. The van der Waals surface area contributed by atoms with Gasteiger partial charge in [-0.25, -0.2) is 0 Å². The van der Waals surface area contributed by atoms with Crippen LogP contribution in [0.2, 0.25) is 0 Å². The second-order valence-corrected chi connectivity index (χ2v) is 4.31. The molecule has 1 aromatic rings. The van der Waals surface area contributed by atoms with Crippen molar-refractivity contribution >= 4 is 5.97 Å². The molecule has 92 valence electrons. The molecule has 0 radical (unpaired) electrons. The zero-order valence-corrected chi connectivity index (χ0v) is 9.63. The van der Waals surface area contributed by atoms with E-state index < -0.39 is 0 Å². The van der Waals surface area contributed by atoms with Crippen molar-refractivity contribution in [2.45, 2.75) is 19.1 Å². The number of aliphatic hydroxyl groups is 1. The number of carbonyl (C=O) groups is 1. The van der Waals surface area contributed by atoms with Crippen molar-refractivity contribution in [1.82, 2.24) is 5.32 Å². The van der Waals surface area contributed by atoms with E-state index in [4.69, 9.17) is 9.84 Å². The Kier molecular flexibility index (Phi) is 4.12. The third-order valence-electron chi connectivity index (χ3n) is 3.00. The van der Waals surface area contributed by atoms with E-state index in [1.165, 1.54) is 0 Å². The summed E-state index contributed by atoms with van der Waals surface area (Å²) in [4.78, 5) is 11.7. The van der Waals surface area contributed by atoms with Gasteiger partial charge in [0, 0.05) is 12.6 Å². The van der Waals surface area contributed by atoms with Gasteiger partial charge in [0.1, 0.15) is 6.61 Å². The molecule has 0 aliphatic carbocycles. The van der Waals surface area contributed by atoms with E-state index >= 15 is 0 Å². The highest BCUT2D eigenvalue weighted by molar-refractivity contribution is 5.73.